The summed E-state index contributed by atoms with van der Waals surface area (Å²) in [6, 6.07) is 15.3. The third kappa shape index (κ3) is 29.0. The number of aromatic nitrogens is 12. The van der Waals surface area contributed by atoms with Gasteiger partial charge in [0.25, 0.3) is 0 Å². The van der Waals surface area contributed by atoms with Gasteiger partial charge in [-0.05, 0) is 79.5 Å². The van der Waals surface area contributed by atoms with Gasteiger partial charge in [0.05, 0.1) is 67.9 Å². The van der Waals surface area contributed by atoms with E-state index < -0.39 is 35.1 Å². The number of amides is 2. The number of esters is 2. The zero-order chi connectivity index (χ0) is 78.9. The molecule has 0 saturated carbocycles. The number of Topliss-reactive ketones (excluding diaryl/α,β-unsaturated/α-hetero) is 1. The number of carbonyl (C=O) groups is 6. The molecule has 0 saturated heterocycles. The molecule has 9 N–H and O–H groups in total. The topological polar surface area (TPSA) is 444 Å². The van der Waals surface area contributed by atoms with E-state index in [1.54, 1.807) is 59.0 Å². The third-order valence-corrected chi connectivity index (χ3v) is 15.9. The Bertz CT molecular complexity index is 5030. The van der Waals surface area contributed by atoms with Gasteiger partial charge in [-0.1, -0.05) is 124 Å². The summed E-state index contributed by atoms with van der Waals surface area (Å²) in [6.45, 7) is 25.3. The molecule has 40 heteroatoms. The normalized spacial score (nSPS) is 10.5. The van der Waals surface area contributed by atoms with E-state index in [4.69, 9.17) is 107 Å². The summed E-state index contributed by atoms with van der Waals surface area (Å²) in [7, 11) is 0. The number of aliphatic carboxylic acids is 1. The number of alkyl halides is 1. The number of fused-ring (bicyclic) bond motifs is 4. The van der Waals surface area contributed by atoms with Crippen LogP contribution < -0.4 is 46.3 Å². The first-order valence-corrected chi connectivity index (χ1v) is 34.8. The fraction of sp³-hybridized carbons (Fsp3) is 0.333. The summed E-state index contributed by atoms with van der Waals surface area (Å²) in [5, 5.41) is 43.9. The zero-order valence-corrected chi connectivity index (χ0v) is 68.7. The van der Waals surface area contributed by atoms with Crippen LogP contribution in [0, 0.1) is 52.2 Å². The summed E-state index contributed by atoms with van der Waals surface area (Å²) in [4.78, 5) is 109. The maximum Gasteiger partial charge on any atom is 1.00 e. The minimum absolute atomic E-state index is 0. The average Bonchev–Trinajstić information content (AvgIpc) is 1.65. The van der Waals surface area contributed by atoms with E-state index in [0.29, 0.717) is 85.4 Å². The fourth-order valence-electron chi connectivity index (χ4n) is 9.20. The molecule has 0 radical (unpaired) electrons. The molecule has 574 valence electrons. The molecule has 10 aromatic rings. The number of carboxylic acids is 1. The molecule has 0 bridgehead atoms. The van der Waals surface area contributed by atoms with E-state index in [9.17, 15) is 37.5 Å². The Balaban J connectivity index is 0.000000685. The Morgan fingerprint density at radius 3 is 1.58 bits per heavy atom. The number of benzene rings is 2. The van der Waals surface area contributed by atoms with Gasteiger partial charge < -0.3 is 61.9 Å². The second kappa shape index (κ2) is 45.1. The number of aryl methyl sites for hydroxylation is 1. The first kappa shape index (κ1) is 95.9. The minimum Gasteiger partial charge on any atom is -1.00 e. The number of nitrogens with one attached hydrogen (secondary N) is 3. The van der Waals surface area contributed by atoms with Gasteiger partial charge in [-0.15, -0.1) is 0 Å². The van der Waals surface area contributed by atoms with Gasteiger partial charge >= 0.3 is 47.5 Å². The van der Waals surface area contributed by atoms with Crippen LogP contribution in [-0.4, -0.2) is 151 Å². The number of aromatic amines is 1. The maximum absolute atomic E-state index is 14.0. The quantitative estimate of drug-likeness (QED) is 0.0175. The number of carboxylic acid groups (broad SMARTS) is 1. The average molecular weight is 1700 g/mol. The molecule has 2 amide bonds. The van der Waals surface area contributed by atoms with Gasteiger partial charge in [0, 0.05) is 55.4 Å². The largest absolute Gasteiger partial charge is 1.00 e. The van der Waals surface area contributed by atoms with Crippen molar-refractivity contribution in [2.24, 2.45) is 0 Å². The van der Waals surface area contributed by atoms with Crippen LogP contribution in [0.2, 0.25) is 30.7 Å². The number of H-pyrrole nitrogens is 1. The molecule has 8 aromatic heterocycles. The van der Waals surface area contributed by atoms with Crippen molar-refractivity contribution in [1.29, 1.82) is 15.8 Å². The number of nitrogens with zero attached hydrogens (tertiary/aromatic N) is 16. The van der Waals surface area contributed by atoms with Gasteiger partial charge in [0.15, 0.2) is 0 Å². The van der Waals surface area contributed by atoms with E-state index in [-0.39, 0.29) is 158 Å². The second-order valence-electron chi connectivity index (χ2n) is 24.7. The Morgan fingerprint density at radius 2 is 1.12 bits per heavy atom. The van der Waals surface area contributed by atoms with Crippen molar-refractivity contribution >= 4 is 171 Å². The van der Waals surface area contributed by atoms with Crippen molar-refractivity contribution in [3.8, 4) is 18.2 Å². The van der Waals surface area contributed by atoms with E-state index >= 15 is 0 Å². The Morgan fingerprint density at radius 1 is 0.670 bits per heavy atom. The van der Waals surface area contributed by atoms with Crippen molar-refractivity contribution in [3.63, 3.8) is 0 Å². The predicted molar refractivity (Wildman–Crippen MR) is 408 cm³/mol. The second-order valence-corrected chi connectivity index (χ2v) is 27.5. The number of hydrogen-bond donors (Lipinski definition) is 5. The molecule has 30 nitrogen and oxygen atoms in total. The monoisotopic (exact) mass is 1690 g/mol. The number of ketones is 1. The molecule has 8 heterocycles. The Kier molecular flexibility index (Phi) is 39.7. The third-order valence-electron chi connectivity index (χ3n) is 13.7. The molecule has 0 fully saturated rings. The standard InChI is InChI=1S/C21H19Cl2FN6O2.C13H17ClFNO.C13H13ClN4O2.C9H5ClN4O2.C7H3ClN4.C6H11BrO2.H3N.Na.H2O.H/c1-12(2)30(9-16(31)26-7-13-5-4-6-14(22)19(13)24)17(32)10-29-8-15(25-3)18-20(23)27-11-28-21(18)29;1-9(2)16-8-11(17)7-6-10-4-3-5-12(14)13(10)15;1-13(2,3)20-9(19)6-18-5-8(4-15)10-11(14)16-7-17-12(10)18;10-8-7-5(1-11)2-14(3-6(15)16)9(7)13-4-12-8;8-6-5-4(1-9)2-10-7(5)12-3-11-6;1-6(2,3)9-5(8)4-7;;;;/h4-6,8,11-12H,7,9-10H2,1-2H3,(H,26,31);3-5,9,16H,6-8H2,1-2H3;5,7H,6H2,1-3H3;2,4H,3H2,(H,15,16);2-3H,(H,10,11,12);4H2,1-3H3;1H3;;1H2;/q;;;;;;;+1;;-1. The molecule has 0 atom stereocenters. The number of halogens is 9. The molecule has 0 aliphatic carbocycles. The first-order valence-electron chi connectivity index (χ1n) is 31.4. The van der Waals surface area contributed by atoms with Gasteiger partial charge in [0.2, 0.25) is 17.5 Å². The maximum atomic E-state index is 14.0. The van der Waals surface area contributed by atoms with Crippen LogP contribution >= 0.6 is 85.5 Å². The molecule has 0 spiro atoms. The van der Waals surface area contributed by atoms with E-state index in [1.807, 2.05) is 52.8 Å². The molecule has 10 rings (SSSR count). The van der Waals surface area contributed by atoms with E-state index in [1.165, 1.54) is 80.7 Å². The number of hydrogen-bond acceptors (Lipinski definition) is 21. The number of nitriles is 3. The zero-order valence-electron chi connectivity index (χ0n) is 61.6. The SMILES string of the molecule is CC(C)(C)OC(=O)CBr.CC(C)(C)OC(=O)Cn1cc(C#N)c2c(Cl)ncnc21.CC(C)NCC(=O)CCc1cccc(Cl)c1F.N.N#Cc1c[nH]c2ncnc(Cl)c12.N#Cc1cn(CC(=O)O)c2ncnc(Cl)c12.O.[C-]#[N+]c1cn(CC(=O)N(CC(=O)NCc2cccc(Cl)c2F)C(C)C)c2ncnc(Cl)c12.[H-].[Na+]. The van der Waals surface area contributed by atoms with Crippen LogP contribution in [0.3, 0.4) is 0 Å². The number of carbonyl (C=O) groups excluding carboxylic acids is 5. The van der Waals surface area contributed by atoms with Gasteiger partial charge in [0.1, 0.15) is 140 Å². The summed E-state index contributed by atoms with van der Waals surface area (Å²) in [5.74, 6) is -3.38. The van der Waals surface area contributed by atoms with Crippen LogP contribution in [0.4, 0.5) is 14.5 Å². The number of rotatable bonds is 18. The summed E-state index contributed by atoms with van der Waals surface area (Å²) in [5.41, 5.74) is 2.84. The van der Waals surface area contributed by atoms with Crippen molar-refractivity contribution in [2.75, 3.05) is 18.4 Å². The van der Waals surface area contributed by atoms with Gasteiger partial charge in [-0.2, -0.15) is 15.8 Å². The van der Waals surface area contributed by atoms with Crippen molar-refractivity contribution < 1.29 is 88.6 Å². The first-order chi connectivity index (χ1) is 50.0. The van der Waals surface area contributed by atoms with Gasteiger partial charge in [-0.3, -0.25) is 28.8 Å². The van der Waals surface area contributed by atoms with Crippen molar-refractivity contribution in [1.82, 2.24) is 80.2 Å². The number of ether oxygens (including phenoxy) is 2. The smallest absolute Gasteiger partial charge is 1.00 e. The van der Waals surface area contributed by atoms with E-state index in [2.05, 4.69) is 76.3 Å². The molecule has 2 aromatic carbocycles. The Hall–Kier alpha value is -9.14. The van der Waals surface area contributed by atoms with E-state index in [0.717, 1.165) is 0 Å². The van der Waals surface area contributed by atoms with Crippen LogP contribution in [-0.2, 0) is 70.8 Å². The summed E-state index contributed by atoms with van der Waals surface area (Å²) < 4.78 is 42.1. The molecule has 0 aliphatic heterocycles. The van der Waals surface area contributed by atoms with Crippen LogP contribution in [0.15, 0.2) is 86.5 Å². The summed E-state index contributed by atoms with van der Waals surface area (Å²) in [6.07, 6.45) is 11.8. The Labute approximate surface area is 686 Å². The van der Waals surface area contributed by atoms with Crippen LogP contribution in [0.5, 0.6) is 0 Å². The van der Waals surface area contributed by atoms with Crippen LogP contribution in [0.25, 0.3) is 49.0 Å². The van der Waals surface area contributed by atoms with Crippen molar-refractivity contribution in [2.45, 2.75) is 132 Å². The molecule has 109 heavy (non-hydrogen) atoms. The molecular formula is C69H74BrCl6F2N20NaO10. The molecule has 0 aliphatic rings. The summed E-state index contributed by atoms with van der Waals surface area (Å²) >= 11 is 38.1. The minimum atomic E-state index is -1.02. The van der Waals surface area contributed by atoms with Crippen LogP contribution in [0.1, 0.15) is 105 Å². The molecule has 0 unspecified atom stereocenters. The van der Waals surface area contributed by atoms with Crippen molar-refractivity contribution in [3.05, 3.63) is 168 Å². The predicted octanol–water partition coefficient (Wildman–Crippen LogP) is 9.96. The van der Waals surface area contributed by atoms with Gasteiger partial charge in [-0.25, -0.2) is 53.5 Å². The molecular weight excluding hydrogens is 1620 g/mol. The fourth-order valence-corrected chi connectivity index (χ4v) is 10.6.